The van der Waals surface area contributed by atoms with E-state index in [0.717, 1.165) is 12.8 Å². The van der Waals surface area contributed by atoms with E-state index in [0.29, 0.717) is 23.4 Å². The fourth-order valence-corrected chi connectivity index (χ4v) is 6.01. The van der Waals surface area contributed by atoms with Gasteiger partial charge in [-0.05, 0) is 49.9 Å². The molecule has 2 bridgehead atoms. The maximum Gasteiger partial charge on any atom is 0.272 e. The molecule has 1 amide bonds. The Labute approximate surface area is 147 Å². The molecule has 1 aromatic heterocycles. The lowest BCUT2D eigenvalue weighted by Gasteiger charge is -2.38. The number of hydrogen-bond donors (Lipinski definition) is 0. The SMILES string of the molecule is O=C(c1ccccn1)N1[C@H]2CC[C@H]1CC(S(=O)(=O)c1ccccc1)C2. The van der Waals surface area contributed by atoms with Crippen molar-refractivity contribution in [1.29, 1.82) is 0 Å². The topological polar surface area (TPSA) is 67.3 Å². The smallest absolute Gasteiger partial charge is 0.272 e. The molecule has 0 spiro atoms. The van der Waals surface area contributed by atoms with E-state index in [1.807, 2.05) is 11.0 Å². The van der Waals surface area contributed by atoms with Gasteiger partial charge < -0.3 is 4.90 Å². The Hall–Kier alpha value is -2.21. The summed E-state index contributed by atoms with van der Waals surface area (Å²) >= 11 is 0. The average molecular weight is 356 g/mol. The van der Waals surface area contributed by atoms with Crippen LogP contribution in [0.5, 0.6) is 0 Å². The minimum atomic E-state index is -3.36. The molecule has 1 aromatic carbocycles. The van der Waals surface area contributed by atoms with Crippen LogP contribution in [-0.4, -0.2) is 41.5 Å². The Morgan fingerprint density at radius 3 is 2.20 bits per heavy atom. The molecule has 3 heterocycles. The van der Waals surface area contributed by atoms with Gasteiger partial charge in [-0.1, -0.05) is 24.3 Å². The lowest BCUT2D eigenvalue weighted by Crippen LogP contribution is -2.49. The third-order valence-electron chi connectivity index (χ3n) is 5.32. The number of carbonyl (C=O) groups is 1. The minimum Gasteiger partial charge on any atom is -0.331 e. The number of rotatable bonds is 3. The zero-order valence-electron chi connectivity index (χ0n) is 13.8. The molecular formula is C19H20N2O3S. The van der Waals surface area contributed by atoms with Crippen molar-refractivity contribution >= 4 is 15.7 Å². The van der Waals surface area contributed by atoms with E-state index in [1.54, 1.807) is 48.7 Å². The molecule has 2 aliphatic rings. The van der Waals surface area contributed by atoms with Crippen LogP contribution in [0.4, 0.5) is 0 Å². The fourth-order valence-electron chi connectivity index (χ4n) is 4.14. The summed E-state index contributed by atoms with van der Waals surface area (Å²) < 4.78 is 25.9. The van der Waals surface area contributed by atoms with Crippen LogP contribution in [0.15, 0.2) is 59.6 Å². The first kappa shape index (κ1) is 16.3. The number of aromatic nitrogens is 1. The summed E-state index contributed by atoms with van der Waals surface area (Å²) in [5.41, 5.74) is 0.434. The molecule has 4 rings (SSSR count). The van der Waals surface area contributed by atoms with E-state index < -0.39 is 15.1 Å². The number of nitrogens with zero attached hydrogens (tertiary/aromatic N) is 2. The number of sulfone groups is 1. The van der Waals surface area contributed by atoms with E-state index in [1.165, 1.54) is 0 Å². The van der Waals surface area contributed by atoms with Gasteiger partial charge in [0.1, 0.15) is 5.69 Å². The molecule has 130 valence electrons. The molecule has 0 radical (unpaired) electrons. The summed E-state index contributed by atoms with van der Waals surface area (Å²) in [6.45, 7) is 0. The number of carbonyl (C=O) groups excluding carboxylic acids is 1. The predicted molar refractivity (Wildman–Crippen MR) is 93.9 cm³/mol. The lowest BCUT2D eigenvalue weighted by molar-refractivity contribution is 0.0592. The van der Waals surface area contributed by atoms with Gasteiger partial charge in [0, 0.05) is 18.3 Å². The third kappa shape index (κ3) is 2.84. The molecule has 6 heteroatoms. The normalized spacial score (nSPS) is 25.8. The van der Waals surface area contributed by atoms with Gasteiger partial charge in [-0.25, -0.2) is 8.42 Å². The molecule has 0 N–H and O–H groups in total. The standard InChI is InChI=1S/C19H20N2O3S/c22-19(18-8-4-5-11-20-18)21-14-9-10-15(21)13-17(12-14)25(23,24)16-6-2-1-3-7-16/h1-8,11,14-15,17H,9-10,12-13H2/t14-,15-/m0/s1. The van der Waals surface area contributed by atoms with Crippen molar-refractivity contribution in [2.75, 3.05) is 0 Å². The number of benzene rings is 1. The number of hydrogen-bond acceptors (Lipinski definition) is 4. The van der Waals surface area contributed by atoms with Crippen molar-refractivity contribution in [3.8, 4) is 0 Å². The van der Waals surface area contributed by atoms with Crippen molar-refractivity contribution in [2.45, 2.75) is 47.9 Å². The van der Waals surface area contributed by atoms with Gasteiger partial charge in [0.05, 0.1) is 10.1 Å². The van der Waals surface area contributed by atoms with E-state index in [9.17, 15) is 13.2 Å². The van der Waals surface area contributed by atoms with Gasteiger partial charge in [-0.2, -0.15) is 0 Å². The van der Waals surface area contributed by atoms with E-state index >= 15 is 0 Å². The highest BCUT2D eigenvalue weighted by Gasteiger charge is 2.47. The van der Waals surface area contributed by atoms with Crippen LogP contribution in [0.3, 0.4) is 0 Å². The number of piperidine rings is 1. The maximum atomic E-state index is 12.9. The summed E-state index contributed by atoms with van der Waals surface area (Å²) in [4.78, 5) is 19.2. The molecule has 2 saturated heterocycles. The van der Waals surface area contributed by atoms with Gasteiger partial charge in [-0.3, -0.25) is 9.78 Å². The second-order valence-corrected chi connectivity index (χ2v) is 8.99. The monoisotopic (exact) mass is 356 g/mol. The zero-order chi connectivity index (χ0) is 17.4. The van der Waals surface area contributed by atoms with Gasteiger partial charge in [0.25, 0.3) is 5.91 Å². The first-order valence-corrected chi connectivity index (χ1v) is 10.1. The fraction of sp³-hybridized carbons (Fsp3) is 0.368. The quantitative estimate of drug-likeness (QED) is 0.848. The second-order valence-electron chi connectivity index (χ2n) is 6.76. The number of amides is 1. The highest BCUT2D eigenvalue weighted by Crippen LogP contribution is 2.40. The molecule has 2 atom stereocenters. The van der Waals surface area contributed by atoms with Crippen LogP contribution < -0.4 is 0 Å². The maximum absolute atomic E-state index is 12.9. The van der Waals surface area contributed by atoms with Crippen LogP contribution >= 0.6 is 0 Å². The molecule has 5 nitrogen and oxygen atoms in total. The molecule has 0 unspecified atom stereocenters. The van der Waals surface area contributed by atoms with E-state index in [2.05, 4.69) is 4.98 Å². The minimum absolute atomic E-state index is 0.0169. The van der Waals surface area contributed by atoms with Crippen molar-refractivity contribution in [1.82, 2.24) is 9.88 Å². The molecule has 25 heavy (non-hydrogen) atoms. The Kier molecular flexibility index (Phi) is 4.07. The highest BCUT2D eigenvalue weighted by molar-refractivity contribution is 7.92. The summed E-state index contributed by atoms with van der Waals surface area (Å²) in [6.07, 6.45) is 4.36. The highest BCUT2D eigenvalue weighted by atomic mass is 32.2. The number of fused-ring (bicyclic) bond motifs is 2. The van der Waals surface area contributed by atoms with Crippen LogP contribution in [0.25, 0.3) is 0 Å². The molecule has 0 aliphatic carbocycles. The van der Waals surface area contributed by atoms with Gasteiger partial charge in [-0.15, -0.1) is 0 Å². The largest absolute Gasteiger partial charge is 0.331 e. The first-order valence-electron chi connectivity index (χ1n) is 8.60. The Balaban J connectivity index is 1.57. The Morgan fingerprint density at radius 1 is 0.960 bits per heavy atom. The molecule has 2 aromatic rings. The Bertz CT molecular complexity index is 854. The third-order valence-corrected chi connectivity index (χ3v) is 7.51. The van der Waals surface area contributed by atoms with E-state index in [4.69, 9.17) is 0 Å². The summed E-state index contributed by atoms with van der Waals surface area (Å²) in [5.74, 6) is -0.0799. The predicted octanol–water partition coefficient (Wildman–Crippen LogP) is 2.69. The van der Waals surface area contributed by atoms with Gasteiger partial charge >= 0.3 is 0 Å². The summed E-state index contributed by atoms with van der Waals surface area (Å²) in [7, 11) is -3.36. The lowest BCUT2D eigenvalue weighted by atomic mass is 10.0. The summed E-state index contributed by atoms with van der Waals surface area (Å²) in [5, 5.41) is -0.416. The molecular weight excluding hydrogens is 336 g/mol. The zero-order valence-corrected chi connectivity index (χ0v) is 14.6. The van der Waals surface area contributed by atoms with Crippen LogP contribution in [0, 0.1) is 0 Å². The van der Waals surface area contributed by atoms with Crippen LogP contribution in [0.2, 0.25) is 0 Å². The molecule has 0 saturated carbocycles. The van der Waals surface area contributed by atoms with Gasteiger partial charge in [0.2, 0.25) is 0 Å². The van der Waals surface area contributed by atoms with Gasteiger partial charge in [0.15, 0.2) is 9.84 Å². The molecule has 2 fully saturated rings. The van der Waals surface area contributed by atoms with Crippen molar-refractivity contribution in [3.05, 3.63) is 60.4 Å². The van der Waals surface area contributed by atoms with E-state index in [-0.39, 0.29) is 18.0 Å². The first-order chi connectivity index (χ1) is 12.1. The van der Waals surface area contributed by atoms with Crippen molar-refractivity contribution in [2.24, 2.45) is 0 Å². The van der Waals surface area contributed by atoms with Crippen molar-refractivity contribution in [3.63, 3.8) is 0 Å². The molecule has 2 aliphatic heterocycles. The van der Waals surface area contributed by atoms with Crippen molar-refractivity contribution < 1.29 is 13.2 Å². The second kappa shape index (κ2) is 6.26. The van der Waals surface area contributed by atoms with Crippen LogP contribution in [-0.2, 0) is 9.84 Å². The average Bonchev–Trinajstić information content (AvgIpc) is 2.91. The Morgan fingerprint density at radius 2 is 1.60 bits per heavy atom. The van der Waals surface area contributed by atoms with Crippen LogP contribution in [0.1, 0.15) is 36.2 Å². The summed E-state index contributed by atoms with van der Waals surface area (Å²) in [6, 6.07) is 13.9. The number of pyridine rings is 1.